The summed E-state index contributed by atoms with van der Waals surface area (Å²) in [6, 6.07) is 0. The molecule has 0 aliphatic carbocycles. The topological polar surface area (TPSA) is 99.4 Å². The summed E-state index contributed by atoms with van der Waals surface area (Å²) >= 11 is 0. The molecule has 0 amide bonds. The number of aliphatic hydroxyl groups excluding tert-OH is 1. The van der Waals surface area contributed by atoms with Crippen molar-refractivity contribution in [2.75, 3.05) is 0 Å². The second kappa shape index (κ2) is 6.47. The number of hydrogen-bond acceptors (Lipinski definition) is 6. The SMILES string of the molecule is CCC(CC)OC(C)(C)C(O)(O)OC(C)(C)C(O)O. The Bertz CT molecular complexity index is 268. The Morgan fingerprint density at radius 1 is 0.947 bits per heavy atom. The van der Waals surface area contributed by atoms with Gasteiger partial charge in [0, 0.05) is 0 Å². The standard InChI is InChI=1S/C13H28O6/c1-7-9(8-2)18-12(5,6)13(16,17)19-11(3,4)10(14)15/h9-10,14-17H,7-8H2,1-6H3. The monoisotopic (exact) mass is 280 g/mol. The van der Waals surface area contributed by atoms with Crippen molar-refractivity contribution in [3.05, 3.63) is 0 Å². The van der Waals surface area contributed by atoms with Crippen molar-refractivity contribution >= 4 is 0 Å². The van der Waals surface area contributed by atoms with Crippen molar-refractivity contribution in [3.63, 3.8) is 0 Å². The smallest absolute Gasteiger partial charge is 0.308 e. The Kier molecular flexibility index (Phi) is 6.39. The second-order valence-electron chi connectivity index (χ2n) is 5.75. The fourth-order valence-electron chi connectivity index (χ4n) is 1.49. The van der Waals surface area contributed by atoms with Crippen LogP contribution in [0.4, 0.5) is 0 Å². The van der Waals surface area contributed by atoms with E-state index in [9.17, 15) is 10.2 Å². The first-order valence-electron chi connectivity index (χ1n) is 6.58. The first kappa shape index (κ1) is 18.8. The summed E-state index contributed by atoms with van der Waals surface area (Å²) in [6.45, 7) is 9.50. The molecule has 0 unspecified atom stereocenters. The molecule has 0 aromatic heterocycles. The van der Waals surface area contributed by atoms with Gasteiger partial charge in [-0.15, -0.1) is 0 Å². The molecule has 0 atom stereocenters. The lowest BCUT2D eigenvalue weighted by Gasteiger charge is -2.43. The van der Waals surface area contributed by atoms with E-state index in [1.165, 1.54) is 27.7 Å². The number of ether oxygens (including phenoxy) is 2. The molecule has 4 N–H and O–H groups in total. The van der Waals surface area contributed by atoms with Gasteiger partial charge in [0.2, 0.25) is 0 Å². The fourth-order valence-corrected chi connectivity index (χ4v) is 1.49. The summed E-state index contributed by atoms with van der Waals surface area (Å²) in [5, 5.41) is 38.4. The van der Waals surface area contributed by atoms with Crippen LogP contribution in [0, 0.1) is 0 Å². The van der Waals surface area contributed by atoms with Crippen LogP contribution in [0.2, 0.25) is 0 Å². The van der Waals surface area contributed by atoms with Crippen LogP contribution >= 0.6 is 0 Å². The minimum Gasteiger partial charge on any atom is -0.366 e. The summed E-state index contributed by atoms with van der Waals surface area (Å²) in [5.74, 6) is -2.65. The second-order valence-corrected chi connectivity index (χ2v) is 5.75. The molecule has 0 aromatic carbocycles. The lowest BCUT2D eigenvalue weighted by molar-refractivity contribution is -0.450. The normalized spacial score (nSPS) is 14.5. The van der Waals surface area contributed by atoms with E-state index >= 15 is 0 Å². The average molecular weight is 280 g/mol. The first-order chi connectivity index (χ1) is 8.39. The van der Waals surface area contributed by atoms with Crippen molar-refractivity contribution in [2.24, 2.45) is 0 Å². The molecule has 0 aliphatic rings. The van der Waals surface area contributed by atoms with Gasteiger partial charge in [0.05, 0.1) is 6.10 Å². The van der Waals surface area contributed by atoms with E-state index < -0.39 is 23.5 Å². The Labute approximate surface area is 115 Å². The highest BCUT2D eigenvalue weighted by molar-refractivity contribution is 4.84. The van der Waals surface area contributed by atoms with Crippen LogP contribution in [0.3, 0.4) is 0 Å². The molecule has 0 fully saturated rings. The lowest BCUT2D eigenvalue weighted by Crippen LogP contribution is -2.60. The Balaban J connectivity index is 4.96. The van der Waals surface area contributed by atoms with E-state index in [1.54, 1.807) is 0 Å². The molecule has 0 saturated heterocycles. The van der Waals surface area contributed by atoms with Gasteiger partial charge in [0.1, 0.15) is 11.2 Å². The quantitative estimate of drug-likeness (QED) is 0.489. The molecule has 0 radical (unpaired) electrons. The van der Waals surface area contributed by atoms with Gasteiger partial charge in [0.25, 0.3) is 0 Å². The maximum atomic E-state index is 10.1. The van der Waals surface area contributed by atoms with Gasteiger partial charge in [-0.05, 0) is 40.5 Å². The van der Waals surface area contributed by atoms with Crippen LogP contribution in [0.1, 0.15) is 54.4 Å². The highest BCUT2D eigenvalue weighted by Gasteiger charge is 2.50. The maximum absolute atomic E-state index is 10.1. The summed E-state index contributed by atoms with van der Waals surface area (Å²) < 4.78 is 10.7. The van der Waals surface area contributed by atoms with E-state index in [0.717, 1.165) is 12.8 Å². The van der Waals surface area contributed by atoms with Gasteiger partial charge in [-0.25, -0.2) is 0 Å². The van der Waals surface area contributed by atoms with Crippen LogP contribution in [0.25, 0.3) is 0 Å². The molecule has 0 bridgehead atoms. The Morgan fingerprint density at radius 3 is 1.68 bits per heavy atom. The molecular formula is C13H28O6. The van der Waals surface area contributed by atoms with Gasteiger partial charge < -0.3 is 29.9 Å². The molecule has 0 heterocycles. The van der Waals surface area contributed by atoms with E-state index in [4.69, 9.17) is 19.7 Å². The summed E-state index contributed by atoms with van der Waals surface area (Å²) in [4.78, 5) is 0. The molecule has 6 nitrogen and oxygen atoms in total. The van der Waals surface area contributed by atoms with E-state index in [-0.39, 0.29) is 6.10 Å². The molecule has 6 heteroatoms. The summed E-state index contributed by atoms with van der Waals surface area (Å²) in [5.41, 5.74) is -2.96. The predicted molar refractivity (Wildman–Crippen MR) is 70.1 cm³/mol. The maximum Gasteiger partial charge on any atom is 0.308 e. The molecule has 0 saturated carbocycles. The minimum absolute atomic E-state index is 0.139. The van der Waals surface area contributed by atoms with Crippen molar-refractivity contribution in [2.45, 2.75) is 84.0 Å². The highest BCUT2D eigenvalue weighted by atomic mass is 16.8. The first-order valence-corrected chi connectivity index (χ1v) is 6.58. The van der Waals surface area contributed by atoms with Crippen LogP contribution in [0.15, 0.2) is 0 Å². The zero-order chi connectivity index (χ0) is 15.5. The number of rotatable bonds is 8. The number of aliphatic hydroxyl groups is 4. The predicted octanol–water partition coefficient (Wildman–Crippen LogP) is 0.714. The molecule has 116 valence electrons. The van der Waals surface area contributed by atoms with Crippen molar-refractivity contribution in [1.82, 2.24) is 0 Å². The molecule has 0 aromatic rings. The van der Waals surface area contributed by atoms with Gasteiger partial charge in [-0.1, -0.05) is 13.8 Å². The average Bonchev–Trinajstić information content (AvgIpc) is 2.23. The van der Waals surface area contributed by atoms with Gasteiger partial charge in [-0.2, -0.15) is 0 Å². The Hall–Kier alpha value is -0.240. The van der Waals surface area contributed by atoms with Crippen LogP contribution < -0.4 is 0 Å². The lowest BCUT2D eigenvalue weighted by atomic mass is 10.0. The third-order valence-electron chi connectivity index (χ3n) is 3.18. The summed E-state index contributed by atoms with van der Waals surface area (Å²) in [6.07, 6.45) is -0.543. The minimum atomic E-state index is -2.65. The van der Waals surface area contributed by atoms with Crippen molar-refractivity contribution in [3.8, 4) is 0 Å². The van der Waals surface area contributed by atoms with Crippen molar-refractivity contribution in [1.29, 1.82) is 0 Å². The zero-order valence-electron chi connectivity index (χ0n) is 12.7. The van der Waals surface area contributed by atoms with E-state index in [1.807, 2.05) is 13.8 Å². The molecule has 19 heavy (non-hydrogen) atoms. The van der Waals surface area contributed by atoms with Gasteiger partial charge in [-0.3, -0.25) is 0 Å². The van der Waals surface area contributed by atoms with Crippen molar-refractivity contribution < 1.29 is 29.9 Å². The van der Waals surface area contributed by atoms with Crippen LogP contribution in [-0.2, 0) is 9.47 Å². The van der Waals surface area contributed by atoms with Crippen LogP contribution in [0.5, 0.6) is 0 Å². The van der Waals surface area contributed by atoms with E-state index in [0.29, 0.717) is 0 Å². The highest BCUT2D eigenvalue weighted by Crippen LogP contribution is 2.32. The largest absolute Gasteiger partial charge is 0.366 e. The molecular weight excluding hydrogens is 252 g/mol. The van der Waals surface area contributed by atoms with Gasteiger partial charge >= 0.3 is 5.97 Å². The summed E-state index contributed by atoms with van der Waals surface area (Å²) in [7, 11) is 0. The third-order valence-corrected chi connectivity index (χ3v) is 3.18. The molecule has 0 aliphatic heterocycles. The third kappa shape index (κ3) is 4.98. The van der Waals surface area contributed by atoms with Gasteiger partial charge in [0.15, 0.2) is 6.29 Å². The fraction of sp³-hybridized carbons (Fsp3) is 1.00. The van der Waals surface area contributed by atoms with E-state index in [2.05, 4.69) is 0 Å². The number of hydrogen-bond donors (Lipinski definition) is 4. The van der Waals surface area contributed by atoms with Crippen LogP contribution in [-0.4, -0.2) is 50.0 Å². The molecule has 0 spiro atoms. The zero-order valence-corrected chi connectivity index (χ0v) is 12.7. The Morgan fingerprint density at radius 2 is 1.37 bits per heavy atom. The molecule has 0 rings (SSSR count).